The molecule has 1 aliphatic heterocycles. The van der Waals surface area contributed by atoms with Crippen molar-refractivity contribution in [3.63, 3.8) is 0 Å². The van der Waals surface area contributed by atoms with Crippen LogP contribution in [0.2, 0.25) is 0 Å². The second-order valence-electron chi connectivity index (χ2n) is 6.35. The number of carbonyl (C=O) groups is 1. The van der Waals surface area contributed by atoms with Crippen molar-refractivity contribution >= 4 is 11.7 Å². The molecule has 2 aromatic rings. The smallest absolute Gasteiger partial charge is 0.321 e. The van der Waals surface area contributed by atoms with Crippen molar-refractivity contribution in [2.24, 2.45) is 0 Å². The highest BCUT2D eigenvalue weighted by Gasteiger charge is 2.26. The molecule has 0 saturated carbocycles. The molecule has 1 N–H and O–H groups in total. The van der Waals surface area contributed by atoms with Crippen molar-refractivity contribution in [3.8, 4) is 11.6 Å². The Hall–Kier alpha value is -2.90. The Labute approximate surface area is 156 Å². The second-order valence-corrected chi connectivity index (χ2v) is 6.35. The number of methoxy groups -OCH3 is 1. The van der Waals surface area contributed by atoms with Crippen molar-refractivity contribution in [2.75, 3.05) is 25.5 Å². The van der Waals surface area contributed by atoms with Crippen LogP contribution in [0.25, 0.3) is 0 Å². The molecule has 2 heterocycles. The SMILES string of the molecule is COc1cc(C)c(NC(=O)N2CCCC(Oc3ncccc3F)C2)cc1F. The van der Waals surface area contributed by atoms with Crippen molar-refractivity contribution in [3.05, 3.63) is 47.7 Å². The van der Waals surface area contributed by atoms with Crippen molar-refractivity contribution in [2.45, 2.75) is 25.9 Å². The minimum absolute atomic E-state index is 0.0715. The lowest BCUT2D eigenvalue weighted by atomic mass is 10.1. The predicted molar refractivity (Wildman–Crippen MR) is 96.1 cm³/mol. The summed E-state index contributed by atoms with van der Waals surface area (Å²) in [5, 5.41) is 2.71. The second kappa shape index (κ2) is 8.20. The monoisotopic (exact) mass is 377 g/mol. The van der Waals surface area contributed by atoms with Gasteiger partial charge in [0, 0.05) is 24.5 Å². The Morgan fingerprint density at radius 3 is 2.89 bits per heavy atom. The molecule has 0 bridgehead atoms. The first-order valence-electron chi connectivity index (χ1n) is 8.65. The summed E-state index contributed by atoms with van der Waals surface area (Å²) in [7, 11) is 1.38. The normalized spacial score (nSPS) is 16.7. The molecule has 1 atom stereocenters. The van der Waals surface area contributed by atoms with Gasteiger partial charge in [0.1, 0.15) is 6.10 Å². The Bertz CT molecular complexity index is 832. The van der Waals surface area contributed by atoms with Gasteiger partial charge in [-0.3, -0.25) is 0 Å². The van der Waals surface area contributed by atoms with Crippen LogP contribution < -0.4 is 14.8 Å². The van der Waals surface area contributed by atoms with Gasteiger partial charge in [-0.1, -0.05) is 0 Å². The number of carbonyl (C=O) groups excluding carboxylic acids is 1. The molecule has 3 rings (SSSR count). The average Bonchev–Trinajstić information content (AvgIpc) is 2.66. The molecule has 2 amide bonds. The van der Waals surface area contributed by atoms with Gasteiger partial charge in [-0.2, -0.15) is 0 Å². The molecule has 1 fully saturated rings. The summed E-state index contributed by atoms with van der Waals surface area (Å²) in [5.41, 5.74) is 1.05. The van der Waals surface area contributed by atoms with E-state index in [0.29, 0.717) is 37.2 Å². The quantitative estimate of drug-likeness (QED) is 0.881. The Kier molecular flexibility index (Phi) is 5.73. The van der Waals surface area contributed by atoms with Crippen molar-refractivity contribution in [1.29, 1.82) is 0 Å². The van der Waals surface area contributed by atoms with Crippen LogP contribution in [0.5, 0.6) is 11.6 Å². The number of halogens is 2. The van der Waals surface area contributed by atoms with E-state index in [-0.39, 0.29) is 23.8 Å². The van der Waals surface area contributed by atoms with Crippen molar-refractivity contribution < 1.29 is 23.0 Å². The van der Waals surface area contributed by atoms with E-state index in [4.69, 9.17) is 9.47 Å². The third-order valence-electron chi connectivity index (χ3n) is 4.41. The topological polar surface area (TPSA) is 63.7 Å². The zero-order valence-electron chi connectivity index (χ0n) is 15.2. The number of aryl methyl sites for hydroxylation is 1. The number of hydrogen-bond donors (Lipinski definition) is 1. The summed E-state index contributed by atoms with van der Waals surface area (Å²) in [5.74, 6) is -1.04. The molecular weight excluding hydrogens is 356 g/mol. The number of rotatable bonds is 4. The number of nitrogens with zero attached hydrogens (tertiary/aromatic N) is 2. The van der Waals surface area contributed by atoms with E-state index >= 15 is 0 Å². The van der Waals surface area contributed by atoms with E-state index in [1.807, 2.05) is 0 Å². The number of pyridine rings is 1. The first kappa shape index (κ1) is 18.9. The van der Waals surface area contributed by atoms with Gasteiger partial charge in [-0.05, 0) is 43.5 Å². The molecule has 1 aromatic heterocycles. The fraction of sp³-hybridized carbons (Fsp3) is 0.368. The molecule has 0 aliphatic carbocycles. The lowest BCUT2D eigenvalue weighted by Gasteiger charge is -2.32. The van der Waals surface area contributed by atoms with E-state index in [9.17, 15) is 13.6 Å². The zero-order valence-corrected chi connectivity index (χ0v) is 15.2. The number of likely N-dealkylation sites (tertiary alicyclic amines) is 1. The summed E-state index contributed by atoms with van der Waals surface area (Å²) in [4.78, 5) is 18.0. The van der Waals surface area contributed by atoms with E-state index in [0.717, 1.165) is 0 Å². The van der Waals surface area contributed by atoms with Crippen LogP contribution in [-0.4, -0.2) is 42.2 Å². The van der Waals surface area contributed by atoms with Crippen LogP contribution >= 0.6 is 0 Å². The highest BCUT2D eigenvalue weighted by atomic mass is 19.1. The molecule has 1 unspecified atom stereocenters. The Morgan fingerprint density at radius 2 is 2.15 bits per heavy atom. The van der Waals surface area contributed by atoms with Crippen LogP contribution in [-0.2, 0) is 0 Å². The van der Waals surface area contributed by atoms with E-state index in [2.05, 4.69) is 10.3 Å². The molecular formula is C19H21F2N3O3. The minimum atomic E-state index is -0.552. The predicted octanol–water partition coefficient (Wildman–Crippen LogP) is 3.75. The summed E-state index contributed by atoms with van der Waals surface area (Å²) in [6.45, 7) is 2.58. The molecule has 0 radical (unpaired) electrons. The van der Waals surface area contributed by atoms with Crippen LogP contribution in [0.3, 0.4) is 0 Å². The number of aromatic nitrogens is 1. The summed E-state index contributed by atoms with van der Waals surface area (Å²) in [6.07, 6.45) is 2.49. The molecule has 1 aromatic carbocycles. The number of amides is 2. The van der Waals surface area contributed by atoms with Gasteiger partial charge in [-0.25, -0.2) is 18.6 Å². The lowest BCUT2D eigenvalue weighted by Crippen LogP contribution is -2.46. The maximum absolute atomic E-state index is 13.9. The van der Waals surface area contributed by atoms with Gasteiger partial charge in [0.15, 0.2) is 17.4 Å². The van der Waals surface area contributed by atoms with Gasteiger partial charge < -0.3 is 19.7 Å². The summed E-state index contributed by atoms with van der Waals surface area (Å²) >= 11 is 0. The van der Waals surface area contributed by atoms with E-state index in [1.165, 1.54) is 37.6 Å². The first-order chi connectivity index (χ1) is 13.0. The van der Waals surface area contributed by atoms with Crippen LogP contribution in [0.1, 0.15) is 18.4 Å². The maximum atomic E-state index is 13.9. The number of anilines is 1. The van der Waals surface area contributed by atoms with Crippen LogP contribution in [0.4, 0.5) is 19.3 Å². The number of benzene rings is 1. The number of nitrogens with one attached hydrogen (secondary N) is 1. The highest BCUT2D eigenvalue weighted by Crippen LogP contribution is 2.26. The van der Waals surface area contributed by atoms with Gasteiger partial charge in [0.05, 0.1) is 13.7 Å². The Balaban J connectivity index is 1.65. The third kappa shape index (κ3) is 4.45. The molecule has 1 saturated heterocycles. The van der Waals surface area contributed by atoms with Gasteiger partial charge in [0.2, 0.25) is 0 Å². The molecule has 1 aliphatic rings. The fourth-order valence-electron chi connectivity index (χ4n) is 2.98. The van der Waals surface area contributed by atoms with Gasteiger partial charge in [0.25, 0.3) is 5.88 Å². The summed E-state index contributed by atoms with van der Waals surface area (Å²) < 4.78 is 38.2. The largest absolute Gasteiger partial charge is 0.494 e. The molecule has 0 spiro atoms. The number of ether oxygens (including phenoxy) is 2. The van der Waals surface area contributed by atoms with Gasteiger partial charge in [-0.15, -0.1) is 0 Å². The minimum Gasteiger partial charge on any atom is -0.494 e. The lowest BCUT2D eigenvalue weighted by molar-refractivity contribution is 0.0987. The molecule has 6 nitrogen and oxygen atoms in total. The third-order valence-corrected chi connectivity index (χ3v) is 4.41. The first-order valence-corrected chi connectivity index (χ1v) is 8.65. The Morgan fingerprint density at radius 1 is 1.33 bits per heavy atom. The number of hydrogen-bond acceptors (Lipinski definition) is 4. The standard InChI is InChI=1S/C19H21F2N3O3/c1-12-9-17(26-2)15(21)10-16(12)23-19(25)24-8-4-5-13(11-24)27-18-14(20)6-3-7-22-18/h3,6-7,9-10,13H,4-5,8,11H2,1-2H3,(H,23,25). The average molecular weight is 377 g/mol. The highest BCUT2D eigenvalue weighted by molar-refractivity contribution is 5.90. The maximum Gasteiger partial charge on any atom is 0.321 e. The fourth-order valence-corrected chi connectivity index (χ4v) is 2.98. The molecule has 144 valence electrons. The van der Waals surface area contributed by atoms with E-state index < -0.39 is 11.6 Å². The van der Waals surface area contributed by atoms with Crippen LogP contribution in [0, 0.1) is 18.6 Å². The van der Waals surface area contributed by atoms with Crippen molar-refractivity contribution in [1.82, 2.24) is 9.88 Å². The molecule has 27 heavy (non-hydrogen) atoms. The van der Waals surface area contributed by atoms with Gasteiger partial charge >= 0.3 is 6.03 Å². The van der Waals surface area contributed by atoms with Crippen LogP contribution in [0.15, 0.2) is 30.5 Å². The number of urea groups is 1. The zero-order chi connectivity index (χ0) is 19.4. The summed E-state index contributed by atoms with van der Waals surface area (Å²) in [6, 6.07) is 5.15. The van der Waals surface area contributed by atoms with E-state index in [1.54, 1.807) is 11.8 Å². The molecule has 8 heteroatoms. The number of piperidine rings is 1.